The van der Waals surface area contributed by atoms with E-state index >= 15 is 0 Å². The molecule has 1 saturated carbocycles. The van der Waals surface area contributed by atoms with E-state index in [4.69, 9.17) is 0 Å². The lowest BCUT2D eigenvalue weighted by atomic mass is 10.1. The number of amides is 2. The predicted molar refractivity (Wildman–Crippen MR) is 84.4 cm³/mol. The number of urea groups is 1. The van der Waals surface area contributed by atoms with E-state index < -0.39 is 0 Å². The van der Waals surface area contributed by atoms with E-state index in [1.54, 1.807) is 0 Å². The predicted octanol–water partition coefficient (Wildman–Crippen LogP) is 1.94. The summed E-state index contributed by atoms with van der Waals surface area (Å²) in [6.45, 7) is 2.88. The SMILES string of the molecule is C[C@@H](CNC(=O)NC1Cc2ccccc2C1)N(C)C1CC1. The van der Waals surface area contributed by atoms with Crippen molar-refractivity contribution in [2.45, 2.75) is 50.7 Å². The van der Waals surface area contributed by atoms with Crippen molar-refractivity contribution in [3.8, 4) is 0 Å². The van der Waals surface area contributed by atoms with Crippen molar-refractivity contribution < 1.29 is 4.79 Å². The number of benzene rings is 1. The first kappa shape index (κ1) is 14.4. The van der Waals surface area contributed by atoms with E-state index in [2.05, 4.69) is 53.8 Å². The Kier molecular flexibility index (Phi) is 4.15. The Morgan fingerprint density at radius 2 is 1.90 bits per heavy atom. The molecule has 0 unspecified atom stereocenters. The smallest absolute Gasteiger partial charge is 0.315 e. The zero-order chi connectivity index (χ0) is 14.8. The molecular formula is C17H25N3O. The van der Waals surface area contributed by atoms with Crippen molar-refractivity contribution in [3.05, 3.63) is 35.4 Å². The van der Waals surface area contributed by atoms with Crippen LogP contribution in [0.25, 0.3) is 0 Å². The van der Waals surface area contributed by atoms with Crippen molar-refractivity contribution in [2.75, 3.05) is 13.6 Å². The van der Waals surface area contributed by atoms with Gasteiger partial charge in [-0.05, 0) is 50.8 Å². The zero-order valence-corrected chi connectivity index (χ0v) is 12.9. The van der Waals surface area contributed by atoms with Crippen molar-refractivity contribution in [2.24, 2.45) is 0 Å². The Morgan fingerprint density at radius 3 is 2.48 bits per heavy atom. The quantitative estimate of drug-likeness (QED) is 0.869. The molecule has 2 amide bonds. The summed E-state index contributed by atoms with van der Waals surface area (Å²) in [5, 5.41) is 6.10. The first-order valence-corrected chi connectivity index (χ1v) is 7.96. The molecule has 1 aromatic carbocycles. The maximum absolute atomic E-state index is 12.0. The van der Waals surface area contributed by atoms with Gasteiger partial charge in [0, 0.05) is 24.7 Å². The first-order valence-electron chi connectivity index (χ1n) is 7.96. The maximum atomic E-state index is 12.0. The number of hydrogen-bond donors (Lipinski definition) is 2. The Labute approximate surface area is 126 Å². The van der Waals surface area contributed by atoms with Crippen LogP contribution in [-0.4, -0.2) is 42.6 Å². The van der Waals surface area contributed by atoms with Crippen LogP contribution in [-0.2, 0) is 12.8 Å². The van der Waals surface area contributed by atoms with Crippen molar-refractivity contribution in [1.29, 1.82) is 0 Å². The molecule has 0 bridgehead atoms. The van der Waals surface area contributed by atoms with E-state index in [1.807, 2.05) is 0 Å². The summed E-state index contributed by atoms with van der Waals surface area (Å²) < 4.78 is 0. The highest BCUT2D eigenvalue weighted by Gasteiger charge is 2.29. The molecule has 3 rings (SSSR count). The number of nitrogens with one attached hydrogen (secondary N) is 2. The van der Waals surface area contributed by atoms with Crippen LogP contribution >= 0.6 is 0 Å². The Hall–Kier alpha value is -1.55. The monoisotopic (exact) mass is 287 g/mol. The number of carbonyl (C=O) groups is 1. The minimum absolute atomic E-state index is 0.0381. The van der Waals surface area contributed by atoms with Crippen molar-refractivity contribution >= 4 is 6.03 Å². The van der Waals surface area contributed by atoms with Crippen LogP contribution in [0.2, 0.25) is 0 Å². The average molecular weight is 287 g/mol. The highest BCUT2D eigenvalue weighted by atomic mass is 16.2. The third-order valence-electron chi connectivity index (χ3n) is 4.76. The van der Waals surface area contributed by atoms with Crippen molar-refractivity contribution in [3.63, 3.8) is 0 Å². The molecule has 1 aromatic rings. The van der Waals surface area contributed by atoms with Gasteiger partial charge >= 0.3 is 6.03 Å². The number of hydrogen-bond acceptors (Lipinski definition) is 2. The van der Waals surface area contributed by atoms with E-state index in [1.165, 1.54) is 24.0 Å². The highest BCUT2D eigenvalue weighted by molar-refractivity contribution is 5.74. The molecule has 2 aliphatic rings. The third kappa shape index (κ3) is 3.56. The molecule has 4 heteroatoms. The molecule has 0 aliphatic heterocycles. The summed E-state index contributed by atoms with van der Waals surface area (Å²) in [6.07, 6.45) is 4.49. The highest BCUT2D eigenvalue weighted by Crippen LogP contribution is 2.26. The Morgan fingerprint density at radius 1 is 1.29 bits per heavy atom. The first-order chi connectivity index (χ1) is 10.1. The van der Waals surface area contributed by atoms with Gasteiger partial charge in [-0.25, -0.2) is 4.79 Å². The normalized spacial score (nSPS) is 19.4. The fraction of sp³-hybridized carbons (Fsp3) is 0.588. The molecule has 0 heterocycles. The summed E-state index contributed by atoms with van der Waals surface area (Å²) in [5.74, 6) is 0. The molecule has 21 heavy (non-hydrogen) atoms. The fourth-order valence-electron chi connectivity index (χ4n) is 3.12. The molecule has 1 fully saturated rings. The van der Waals surface area contributed by atoms with Gasteiger partial charge in [-0.15, -0.1) is 0 Å². The standard InChI is InChI=1S/C17H25N3O/c1-12(20(2)16-7-8-16)11-18-17(21)19-15-9-13-5-3-4-6-14(13)10-15/h3-6,12,15-16H,7-11H2,1-2H3,(H2,18,19,21)/t12-/m0/s1. The van der Waals surface area contributed by atoms with E-state index in [0.29, 0.717) is 12.6 Å². The molecule has 0 radical (unpaired) electrons. The lowest BCUT2D eigenvalue weighted by Gasteiger charge is -2.25. The fourth-order valence-corrected chi connectivity index (χ4v) is 3.12. The summed E-state index contributed by atoms with van der Waals surface area (Å²) in [5.41, 5.74) is 2.73. The number of likely N-dealkylation sites (N-methyl/N-ethyl adjacent to an activating group) is 1. The maximum Gasteiger partial charge on any atom is 0.315 e. The van der Waals surface area contributed by atoms with Crippen LogP contribution in [0.3, 0.4) is 0 Å². The van der Waals surface area contributed by atoms with Crippen LogP contribution < -0.4 is 10.6 Å². The molecule has 2 N–H and O–H groups in total. The molecule has 0 saturated heterocycles. The second-order valence-corrected chi connectivity index (χ2v) is 6.47. The van der Waals surface area contributed by atoms with Gasteiger partial charge in [-0.3, -0.25) is 4.90 Å². The van der Waals surface area contributed by atoms with Crippen LogP contribution in [0.4, 0.5) is 4.79 Å². The van der Waals surface area contributed by atoms with Crippen LogP contribution in [0.1, 0.15) is 30.9 Å². The molecule has 4 nitrogen and oxygen atoms in total. The van der Waals surface area contributed by atoms with Crippen molar-refractivity contribution in [1.82, 2.24) is 15.5 Å². The third-order valence-corrected chi connectivity index (χ3v) is 4.76. The molecule has 0 spiro atoms. The zero-order valence-electron chi connectivity index (χ0n) is 12.9. The van der Waals surface area contributed by atoms with Gasteiger partial charge < -0.3 is 10.6 Å². The number of nitrogens with zero attached hydrogens (tertiary/aromatic N) is 1. The van der Waals surface area contributed by atoms with Crippen LogP contribution in [0.15, 0.2) is 24.3 Å². The second-order valence-electron chi connectivity index (χ2n) is 6.47. The van der Waals surface area contributed by atoms with Crippen LogP contribution in [0, 0.1) is 0 Å². The van der Waals surface area contributed by atoms with Gasteiger partial charge in [0.15, 0.2) is 0 Å². The molecule has 2 aliphatic carbocycles. The Bertz CT molecular complexity index is 488. The van der Waals surface area contributed by atoms with Gasteiger partial charge in [0.1, 0.15) is 0 Å². The van der Waals surface area contributed by atoms with Gasteiger partial charge in [0.25, 0.3) is 0 Å². The lowest BCUT2D eigenvalue weighted by Crippen LogP contribution is -2.47. The molecule has 0 aromatic heterocycles. The molecule has 114 valence electrons. The summed E-state index contributed by atoms with van der Waals surface area (Å²) in [6, 6.07) is 9.76. The number of carbonyl (C=O) groups excluding carboxylic acids is 1. The minimum Gasteiger partial charge on any atom is -0.337 e. The second kappa shape index (κ2) is 6.06. The minimum atomic E-state index is -0.0381. The molecule has 1 atom stereocenters. The summed E-state index contributed by atoms with van der Waals surface area (Å²) in [4.78, 5) is 14.4. The largest absolute Gasteiger partial charge is 0.337 e. The molecular weight excluding hydrogens is 262 g/mol. The van der Waals surface area contributed by atoms with E-state index in [9.17, 15) is 4.79 Å². The van der Waals surface area contributed by atoms with E-state index in [-0.39, 0.29) is 12.1 Å². The number of fused-ring (bicyclic) bond motifs is 1. The number of rotatable bonds is 5. The lowest BCUT2D eigenvalue weighted by molar-refractivity contribution is 0.220. The van der Waals surface area contributed by atoms with Gasteiger partial charge in [0.2, 0.25) is 0 Å². The van der Waals surface area contributed by atoms with Gasteiger partial charge in [0.05, 0.1) is 0 Å². The van der Waals surface area contributed by atoms with Crippen LogP contribution in [0.5, 0.6) is 0 Å². The van der Waals surface area contributed by atoms with E-state index in [0.717, 1.165) is 18.9 Å². The summed E-state index contributed by atoms with van der Waals surface area (Å²) >= 11 is 0. The Balaban J connectivity index is 1.41. The average Bonchev–Trinajstić information content (AvgIpc) is 3.24. The topological polar surface area (TPSA) is 44.4 Å². The van der Waals surface area contributed by atoms with Gasteiger partial charge in [-0.2, -0.15) is 0 Å². The van der Waals surface area contributed by atoms with Gasteiger partial charge in [-0.1, -0.05) is 24.3 Å². The summed E-state index contributed by atoms with van der Waals surface area (Å²) in [7, 11) is 2.15.